The number of pyridine rings is 1. The van der Waals surface area contributed by atoms with Crippen molar-refractivity contribution in [2.75, 3.05) is 18.4 Å². The molecule has 4 heteroatoms. The van der Waals surface area contributed by atoms with Crippen molar-refractivity contribution in [3.8, 4) is 0 Å². The molecule has 1 aliphatic rings. The highest BCUT2D eigenvalue weighted by Crippen LogP contribution is 2.44. The highest BCUT2D eigenvalue weighted by atomic mass is 16.1. The quantitative estimate of drug-likeness (QED) is 0.811. The molecule has 1 fully saturated rings. The molecule has 98 valence electrons. The Bertz CT molecular complexity index is 427. The van der Waals surface area contributed by atoms with Crippen LogP contribution in [0.5, 0.6) is 0 Å². The zero-order valence-corrected chi connectivity index (χ0v) is 11.1. The fourth-order valence-corrected chi connectivity index (χ4v) is 1.71. The summed E-state index contributed by atoms with van der Waals surface area (Å²) in [4.78, 5) is 16.1. The van der Waals surface area contributed by atoms with Gasteiger partial charge in [0.25, 0.3) is 5.91 Å². The van der Waals surface area contributed by atoms with Crippen LogP contribution in [0.15, 0.2) is 18.3 Å². The molecule has 1 saturated carbocycles. The minimum absolute atomic E-state index is 0.0803. The predicted molar refractivity (Wildman–Crippen MR) is 72.7 cm³/mol. The van der Waals surface area contributed by atoms with Crippen molar-refractivity contribution in [1.82, 2.24) is 10.3 Å². The molecule has 1 aromatic heterocycles. The molecule has 0 aliphatic heterocycles. The first-order valence-electron chi connectivity index (χ1n) is 6.61. The lowest BCUT2D eigenvalue weighted by atomic mass is 10.1. The number of hydrogen-bond donors (Lipinski definition) is 2. The number of hydrogen-bond acceptors (Lipinski definition) is 3. The van der Waals surface area contributed by atoms with Crippen molar-refractivity contribution in [3.05, 3.63) is 24.0 Å². The number of carbonyl (C=O) groups is 1. The van der Waals surface area contributed by atoms with Gasteiger partial charge in [0.1, 0.15) is 5.69 Å². The Morgan fingerprint density at radius 1 is 1.50 bits per heavy atom. The van der Waals surface area contributed by atoms with E-state index in [1.807, 2.05) is 6.07 Å². The average Bonchev–Trinajstić information content (AvgIpc) is 3.12. The Balaban J connectivity index is 1.92. The van der Waals surface area contributed by atoms with Gasteiger partial charge in [-0.2, -0.15) is 0 Å². The zero-order chi connectivity index (χ0) is 13.0. The van der Waals surface area contributed by atoms with Crippen molar-refractivity contribution in [3.63, 3.8) is 0 Å². The maximum atomic E-state index is 11.9. The lowest BCUT2D eigenvalue weighted by Gasteiger charge is -2.10. The van der Waals surface area contributed by atoms with E-state index in [1.165, 1.54) is 12.8 Å². The zero-order valence-electron chi connectivity index (χ0n) is 11.1. The monoisotopic (exact) mass is 247 g/mol. The summed E-state index contributed by atoms with van der Waals surface area (Å²) >= 11 is 0. The number of nitrogens with one attached hydrogen (secondary N) is 2. The third-order valence-corrected chi connectivity index (χ3v) is 3.35. The normalized spacial score (nSPS) is 16.1. The van der Waals surface area contributed by atoms with Crippen molar-refractivity contribution in [2.24, 2.45) is 5.41 Å². The second-order valence-corrected chi connectivity index (χ2v) is 5.35. The van der Waals surface area contributed by atoms with Gasteiger partial charge in [-0.25, -0.2) is 0 Å². The van der Waals surface area contributed by atoms with E-state index < -0.39 is 0 Å². The molecule has 0 saturated heterocycles. The van der Waals surface area contributed by atoms with Gasteiger partial charge in [-0.1, -0.05) is 13.8 Å². The molecule has 0 unspecified atom stereocenters. The van der Waals surface area contributed by atoms with Crippen molar-refractivity contribution in [2.45, 2.75) is 33.1 Å². The summed E-state index contributed by atoms with van der Waals surface area (Å²) in [5.41, 5.74) is 1.77. The van der Waals surface area contributed by atoms with Crippen LogP contribution in [0.2, 0.25) is 0 Å². The van der Waals surface area contributed by atoms with Crippen molar-refractivity contribution in [1.29, 1.82) is 0 Å². The Morgan fingerprint density at radius 2 is 2.28 bits per heavy atom. The largest absolute Gasteiger partial charge is 0.385 e. The average molecular weight is 247 g/mol. The maximum Gasteiger partial charge on any atom is 0.269 e. The SMILES string of the molecule is CCCNc1ccnc(C(=O)NCC2(C)CC2)c1. The van der Waals surface area contributed by atoms with E-state index in [0.717, 1.165) is 25.2 Å². The van der Waals surface area contributed by atoms with Crippen LogP contribution in [0.4, 0.5) is 5.69 Å². The van der Waals surface area contributed by atoms with Crippen LogP contribution < -0.4 is 10.6 Å². The third kappa shape index (κ3) is 3.45. The van der Waals surface area contributed by atoms with E-state index in [2.05, 4.69) is 29.5 Å². The third-order valence-electron chi connectivity index (χ3n) is 3.35. The highest BCUT2D eigenvalue weighted by Gasteiger charge is 2.37. The first-order valence-corrected chi connectivity index (χ1v) is 6.61. The standard InChI is InChI=1S/C14H21N3O/c1-3-7-15-11-4-8-16-12(9-11)13(18)17-10-14(2)5-6-14/h4,8-9H,3,5-7,10H2,1-2H3,(H,15,16)(H,17,18). The van der Waals surface area contributed by atoms with E-state index >= 15 is 0 Å². The minimum atomic E-state index is -0.0803. The summed E-state index contributed by atoms with van der Waals surface area (Å²) in [6.07, 6.45) is 5.14. The Morgan fingerprint density at radius 3 is 2.94 bits per heavy atom. The molecule has 2 rings (SSSR count). The molecule has 0 spiro atoms. The second kappa shape index (κ2) is 5.38. The van der Waals surface area contributed by atoms with Gasteiger partial charge in [-0.3, -0.25) is 9.78 Å². The van der Waals surface area contributed by atoms with Gasteiger partial charge in [0.2, 0.25) is 0 Å². The minimum Gasteiger partial charge on any atom is -0.385 e. The number of amides is 1. The van der Waals surface area contributed by atoms with Crippen LogP contribution in [0.25, 0.3) is 0 Å². The molecule has 0 radical (unpaired) electrons. The van der Waals surface area contributed by atoms with Crippen LogP contribution in [0, 0.1) is 5.41 Å². The number of nitrogens with zero attached hydrogens (tertiary/aromatic N) is 1. The van der Waals surface area contributed by atoms with E-state index in [9.17, 15) is 4.79 Å². The van der Waals surface area contributed by atoms with E-state index in [1.54, 1.807) is 12.3 Å². The summed E-state index contributed by atoms with van der Waals surface area (Å²) in [5.74, 6) is -0.0803. The molecule has 1 aliphatic carbocycles. The molecule has 1 heterocycles. The number of carbonyl (C=O) groups excluding carboxylic acids is 1. The van der Waals surface area contributed by atoms with E-state index in [4.69, 9.17) is 0 Å². The fraction of sp³-hybridized carbons (Fsp3) is 0.571. The van der Waals surface area contributed by atoms with Crippen LogP contribution in [0.3, 0.4) is 0 Å². The first-order chi connectivity index (χ1) is 8.63. The molecular formula is C14H21N3O. The topological polar surface area (TPSA) is 54.0 Å². The molecule has 4 nitrogen and oxygen atoms in total. The summed E-state index contributed by atoms with van der Waals surface area (Å²) in [7, 11) is 0. The van der Waals surface area contributed by atoms with Crippen LogP contribution >= 0.6 is 0 Å². The predicted octanol–water partition coefficient (Wildman–Crippen LogP) is 2.43. The Labute approximate surface area is 108 Å². The summed E-state index contributed by atoms with van der Waals surface area (Å²) in [6, 6.07) is 3.69. The van der Waals surface area contributed by atoms with Crippen LogP contribution in [0.1, 0.15) is 43.6 Å². The van der Waals surface area contributed by atoms with Gasteiger partial charge in [-0.15, -0.1) is 0 Å². The molecule has 1 aromatic rings. The molecule has 18 heavy (non-hydrogen) atoms. The second-order valence-electron chi connectivity index (χ2n) is 5.35. The van der Waals surface area contributed by atoms with Gasteiger partial charge in [0.05, 0.1) is 0 Å². The Kier molecular flexibility index (Phi) is 3.84. The molecule has 2 N–H and O–H groups in total. The van der Waals surface area contributed by atoms with Crippen molar-refractivity contribution < 1.29 is 4.79 Å². The van der Waals surface area contributed by atoms with Gasteiger partial charge in [-0.05, 0) is 36.8 Å². The van der Waals surface area contributed by atoms with E-state index in [0.29, 0.717) is 11.1 Å². The highest BCUT2D eigenvalue weighted by molar-refractivity contribution is 5.93. The number of rotatable bonds is 6. The van der Waals surface area contributed by atoms with Gasteiger partial charge < -0.3 is 10.6 Å². The first kappa shape index (κ1) is 12.9. The maximum absolute atomic E-state index is 11.9. The van der Waals surface area contributed by atoms with Crippen molar-refractivity contribution >= 4 is 11.6 Å². The van der Waals surface area contributed by atoms with E-state index in [-0.39, 0.29) is 5.91 Å². The molecule has 0 atom stereocenters. The molecular weight excluding hydrogens is 226 g/mol. The summed E-state index contributed by atoms with van der Waals surface area (Å²) < 4.78 is 0. The van der Waals surface area contributed by atoms with Crippen LogP contribution in [-0.2, 0) is 0 Å². The molecule has 0 bridgehead atoms. The van der Waals surface area contributed by atoms with Gasteiger partial charge >= 0.3 is 0 Å². The number of aromatic nitrogens is 1. The van der Waals surface area contributed by atoms with Gasteiger partial charge in [0.15, 0.2) is 0 Å². The summed E-state index contributed by atoms with van der Waals surface area (Å²) in [6.45, 7) is 5.96. The fourth-order valence-electron chi connectivity index (χ4n) is 1.71. The van der Waals surface area contributed by atoms with Gasteiger partial charge in [0, 0.05) is 25.0 Å². The molecule has 1 amide bonds. The smallest absolute Gasteiger partial charge is 0.269 e. The Hall–Kier alpha value is -1.58. The molecule has 0 aromatic carbocycles. The van der Waals surface area contributed by atoms with Crippen LogP contribution in [-0.4, -0.2) is 24.0 Å². The summed E-state index contributed by atoms with van der Waals surface area (Å²) in [5, 5.41) is 6.21. The lowest BCUT2D eigenvalue weighted by molar-refractivity contribution is 0.0941. The number of anilines is 1. The lowest BCUT2D eigenvalue weighted by Crippen LogP contribution is -2.29.